The molecule has 0 amide bonds. The molecule has 0 rings (SSSR count). The van der Waals surface area contributed by atoms with Crippen LogP contribution in [-0.4, -0.2) is 10.8 Å². The van der Waals surface area contributed by atoms with Gasteiger partial charge in [0, 0.05) is 5.71 Å². The van der Waals surface area contributed by atoms with E-state index < -0.39 is 0 Å². The van der Waals surface area contributed by atoms with E-state index in [1.54, 1.807) is 0 Å². The summed E-state index contributed by atoms with van der Waals surface area (Å²) in [5.41, 5.74) is 0.906. The van der Waals surface area contributed by atoms with Gasteiger partial charge in [-0.15, -0.1) is 0 Å². The molecule has 2 nitrogen and oxygen atoms in total. The molecule has 0 aromatic heterocycles. The van der Waals surface area contributed by atoms with E-state index in [4.69, 9.17) is 5.11 Å². The van der Waals surface area contributed by atoms with Crippen LogP contribution in [0.15, 0.2) is 29.6 Å². The Morgan fingerprint density at radius 3 is 2.44 bits per heavy atom. The third kappa shape index (κ3) is 4.81. The molecular weight excluding hydrogens is 114 g/mol. The first-order valence-corrected chi connectivity index (χ1v) is 2.69. The largest absolute Gasteiger partial charge is 0.506 e. The van der Waals surface area contributed by atoms with Crippen LogP contribution < -0.4 is 0 Å². The van der Waals surface area contributed by atoms with Gasteiger partial charge in [0.15, 0.2) is 0 Å². The normalized spacial score (nSPS) is 10.7. The Bertz CT molecular complexity index is 152. The maximum absolute atomic E-state index is 8.74. The van der Waals surface area contributed by atoms with Crippen molar-refractivity contribution in [1.82, 2.24) is 0 Å². The van der Waals surface area contributed by atoms with E-state index in [1.807, 2.05) is 13.8 Å². The summed E-state index contributed by atoms with van der Waals surface area (Å²) in [6.07, 6.45) is 2.70. The Labute approximate surface area is 55.2 Å². The summed E-state index contributed by atoms with van der Waals surface area (Å²) in [5.74, 6) is 0.0937. The molecule has 0 heterocycles. The van der Waals surface area contributed by atoms with Gasteiger partial charge in [0.2, 0.25) is 0 Å². The molecule has 0 aromatic carbocycles. The Morgan fingerprint density at radius 1 is 1.56 bits per heavy atom. The highest BCUT2D eigenvalue weighted by Gasteiger charge is 1.78. The highest BCUT2D eigenvalue weighted by Crippen LogP contribution is 1.88. The molecule has 50 valence electrons. The first-order valence-electron chi connectivity index (χ1n) is 2.69. The zero-order valence-corrected chi connectivity index (χ0v) is 5.76. The molecule has 2 heteroatoms. The molecule has 0 bridgehead atoms. The van der Waals surface area contributed by atoms with Crippen molar-refractivity contribution in [2.45, 2.75) is 13.8 Å². The summed E-state index contributed by atoms with van der Waals surface area (Å²) in [6, 6.07) is 0. The van der Waals surface area contributed by atoms with Crippen LogP contribution in [-0.2, 0) is 0 Å². The number of rotatable bonds is 2. The summed E-state index contributed by atoms with van der Waals surface area (Å²) >= 11 is 0. The van der Waals surface area contributed by atoms with Crippen molar-refractivity contribution in [3.05, 3.63) is 24.6 Å². The molecule has 0 spiro atoms. The van der Waals surface area contributed by atoms with Crippen molar-refractivity contribution in [1.29, 1.82) is 0 Å². The van der Waals surface area contributed by atoms with Crippen molar-refractivity contribution in [2.75, 3.05) is 0 Å². The van der Waals surface area contributed by atoms with Crippen LogP contribution in [0.4, 0.5) is 0 Å². The molecule has 0 aliphatic carbocycles. The second-order valence-corrected chi connectivity index (χ2v) is 1.83. The van der Waals surface area contributed by atoms with E-state index in [-0.39, 0.29) is 5.76 Å². The molecular formula is C7H11NO. The van der Waals surface area contributed by atoms with E-state index >= 15 is 0 Å². The van der Waals surface area contributed by atoms with Crippen LogP contribution in [0, 0.1) is 0 Å². The maximum Gasteiger partial charge on any atom is 0.133 e. The molecule has 0 aliphatic rings. The smallest absolute Gasteiger partial charge is 0.133 e. The first kappa shape index (κ1) is 7.95. The average molecular weight is 125 g/mol. The van der Waals surface area contributed by atoms with Crippen LogP contribution in [0.2, 0.25) is 0 Å². The van der Waals surface area contributed by atoms with Crippen LogP contribution >= 0.6 is 0 Å². The minimum Gasteiger partial charge on any atom is -0.506 e. The van der Waals surface area contributed by atoms with Crippen molar-refractivity contribution >= 4 is 5.71 Å². The summed E-state index contributed by atoms with van der Waals surface area (Å²) in [5, 5.41) is 8.74. The number of hydrogen-bond acceptors (Lipinski definition) is 2. The van der Waals surface area contributed by atoms with Crippen molar-refractivity contribution in [2.24, 2.45) is 4.99 Å². The summed E-state index contributed by atoms with van der Waals surface area (Å²) in [7, 11) is 0. The van der Waals surface area contributed by atoms with E-state index in [9.17, 15) is 0 Å². The Kier molecular flexibility index (Phi) is 3.44. The fourth-order valence-corrected chi connectivity index (χ4v) is 0.248. The standard InChI is InChI=1S/C7H11NO/c1-4-7(9)5-8-6(2)3/h4-5,9H,1H2,2-3H3/b7-5+. The molecule has 0 radical (unpaired) electrons. The van der Waals surface area contributed by atoms with Gasteiger partial charge in [0.05, 0.1) is 6.20 Å². The number of aliphatic hydroxyl groups excluding tert-OH is 1. The van der Waals surface area contributed by atoms with Crippen LogP contribution in [0.25, 0.3) is 0 Å². The zero-order chi connectivity index (χ0) is 7.28. The molecule has 0 saturated carbocycles. The quantitative estimate of drug-likeness (QED) is 0.342. The van der Waals surface area contributed by atoms with Crippen molar-refractivity contribution in [3.8, 4) is 0 Å². The minimum atomic E-state index is 0.0937. The number of nitrogens with zero attached hydrogens (tertiary/aromatic N) is 1. The van der Waals surface area contributed by atoms with Gasteiger partial charge >= 0.3 is 0 Å². The molecule has 0 aromatic rings. The second kappa shape index (κ2) is 3.89. The second-order valence-electron chi connectivity index (χ2n) is 1.83. The maximum atomic E-state index is 8.74. The lowest BCUT2D eigenvalue weighted by atomic mass is 10.5. The lowest BCUT2D eigenvalue weighted by molar-refractivity contribution is 0.431. The molecule has 0 saturated heterocycles. The molecule has 9 heavy (non-hydrogen) atoms. The molecule has 0 aliphatic heterocycles. The predicted octanol–water partition coefficient (Wildman–Crippen LogP) is 2.05. The topological polar surface area (TPSA) is 32.6 Å². The predicted molar refractivity (Wildman–Crippen MR) is 39.7 cm³/mol. The highest BCUT2D eigenvalue weighted by molar-refractivity contribution is 5.79. The van der Waals surface area contributed by atoms with Gasteiger partial charge in [-0.05, 0) is 19.9 Å². The fourth-order valence-electron chi connectivity index (χ4n) is 0.248. The van der Waals surface area contributed by atoms with Gasteiger partial charge in [-0.25, -0.2) is 0 Å². The van der Waals surface area contributed by atoms with Crippen LogP contribution in [0.5, 0.6) is 0 Å². The van der Waals surface area contributed by atoms with E-state index in [2.05, 4.69) is 11.6 Å². The van der Waals surface area contributed by atoms with Gasteiger partial charge < -0.3 is 5.11 Å². The van der Waals surface area contributed by atoms with Gasteiger partial charge in [0.25, 0.3) is 0 Å². The number of aliphatic imine (C=N–C) groups is 1. The molecule has 0 fully saturated rings. The highest BCUT2D eigenvalue weighted by atomic mass is 16.3. The van der Waals surface area contributed by atoms with Gasteiger partial charge in [-0.1, -0.05) is 6.58 Å². The first-order chi connectivity index (χ1) is 4.16. The summed E-state index contributed by atoms with van der Waals surface area (Å²) in [6.45, 7) is 7.06. The van der Waals surface area contributed by atoms with Crippen molar-refractivity contribution < 1.29 is 5.11 Å². The molecule has 1 N–H and O–H groups in total. The third-order valence-electron chi connectivity index (χ3n) is 0.664. The Morgan fingerprint density at radius 2 is 2.11 bits per heavy atom. The van der Waals surface area contributed by atoms with Gasteiger partial charge in [-0.2, -0.15) is 0 Å². The molecule has 0 unspecified atom stereocenters. The SMILES string of the molecule is C=C/C(O)=C\N=C(C)C. The van der Waals surface area contributed by atoms with E-state index in [0.29, 0.717) is 0 Å². The third-order valence-corrected chi connectivity index (χ3v) is 0.664. The monoisotopic (exact) mass is 125 g/mol. The van der Waals surface area contributed by atoms with Gasteiger partial charge in [0.1, 0.15) is 5.76 Å². The lowest BCUT2D eigenvalue weighted by Gasteiger charge is -1.85. The molecule has 0 atom stereocenters. The van der Waals surface area contributed by atoms with E-state index in [1.165, 1.54) is 12.3 Å². The average Bonchev–Trinajstić information content (AvgIpc) is 1.83. The van der Waals surface area contributed by atoms with Gasteiger partial charge in [-0.3, -0.25) is 4.99 Å². The Balaban J connectivity index is 3.98. The minimum absolute atomic E-state index is 0.0937. The lowest BCUT2D eigenvalue weighted by Crippen LogP contribution is -1.77. The Hall–Kier alpha value is -1.05. The number of allylic oxidation sites excluding steroid dienone is 1. The van der Waals surface area contributed by atoms with Crippen molar-refractivity contribution in [3.63, 3.8) is 0 Å². The van der Waals surface area contributed by atoms with Crippen LogP contribution in [0.3, 0.4) is 0 Å². The fraction of sp³-hybridized carbons (Fsp3) is 0.286. The van der Waals surface area contributed by atoms with E-state index in [0.717, 1.165) is 5.71 Å². The number of hydrogen-bond donors (Lipinski definition) is 1. The number of aliphatic hydroxyl groups is 1. The summed E-state index contributed by atoms with van der Waals surface area (Å²) in [4.78, 5) is 3.83. The van der Waals surface area contributed by atoms with Crippen LogP contribution in [0.1, 0.15) is 13.8 Å². The zero-order valence-electron chi connectivity index (χ0n) is 5.76. The summed E-state index contributed by atoms with van der Waals surface area (Å²) < 4.78 is 0.